The molecule has 0 spiro atoms. The predicted molar refractivity (Wildman–Crippen MR) is 56.1 cm³/mol. The van der Waals surface area contributed by atoms with Gasteiger partial charge in [0.2, 0.25) is 0 Å². The lowest BCUT2D eigenvalue weighted by atomic mass is 10.1. The van der Waals surface area contributed by atoms with E-state index in [1.165, 1.54) is 17.1 Å². The Morgan fingerprint density at radius 2 is 2.17 bits per heavy atom. The van der Waals surface area contributed by atoms with Crippen molar-refractivity contribution in [3.8, 4) is 6.07 Å². The normalized spacial score (nSPS) is 12.1. The lowest BCUT2D eigenvalue weighted by Gasteiger charge is -2.10. The second kappa shape index (κ2) is 4.89. The highest BCUT2D eigenvalue weighted by atomic mass is 19.2. The topological polar surface area (TPSA) is 74.7 Å². The van der Waals surface area contributed by atoms with Crippen molar-refractivity contribution in [2.24, 2.45) is 0 Å². The van der Waals surface area contributed by atoms with Crippen LogP contribution in [0, 0.1) is 23.0 Å². The van der Waals surface area contributed by atoms with Gasteiger partial charge < -0.3 is 5.11 Å². The third-order valence-electron chi connectivity index (χ3n) is 2.32. The number of nitriles is 1. The van der Waals surface area contributed by atoms with E-state index in [1.807, 2.05) is 0 Å². The molecule has 1 atom stereocenters. The van der Waals surface area contributed by atoms with E-state index in [2.05, 4.69) is 10.1 Å². The van der Waals surface area contributed by atoms with Crippen LogP contribution in [0.5, 0.6) is 0 Å². The minimum Gasteiger partial charge on any atom is -0.386 e. The minimum atomic E-state index is -1.06. The smallest absolute Gasteiger partial charge is 0.252 e. The monoisotopic (exact) mass is 250 g/mol. The van der Waals surface area contributed by atoms with Gasteiger partial charge in [0.25, 0.3) is 5.82 Å². The molecule has 0 fully saturated rings. The predicted octanol–water partition coefficient (Wildman–Crippen LogP) is 1.16. The van der Waals surface area contributed by atoms with Crippen molar-refractivity contribution >= 4 is 0 Å². The summed E-state index contributed by atoms with van der Waals surface area (Å²) in [5.41, 5.74) is 0.225. The minimum absolute atomic E-state index is 0.000246. The maximum atomic E-state index is 13.0. The Balaban J connectivity index is 2.14. The first-order chi connectivity index (χ1) is 8.60. The first kappa shape index (κ1) is 12.1. The van der Waals surface area contributed by atoms with Gasteiger partial charge in [0.1, 0.15) is 12.4 Å². The Bertz CT molecular complexity index is 605. The number of aliphatic hydroxyl groups is 1. The Morgan fingerprint density at radius 3 is 2.78 bits per heavy atom. The lowest BCUT2D eigenvalue weighted by molar-refractivity contribution is 0.151. The molecule has 7 heteroatoms. The number of rotatable bonds is 3. The highest BCUT2D eigenvalue weighted by Crippen LogP contribution is 2.17. The largest absolute Gasteiger partial charge is 0.386 e. The molecule has 0 radical (unpaired) electrons. The number of aliphatic hydroxyl groups excluding tert-OH is 1. The van der Waals surface area contributed by atoms with Gasteiger partial charge in [-0.15, -0.1) is 5.10 Å². The number of benzene rings is 1. The summed E-state index contributed by atoms with van der Waals surface area (Å²) in [4.78, 5) is 3.66. The molecule has 0 bridgehead atoms. The zero-order chi connectivity index (χ0) is 13.1. The van der Waals surface area contributed by atoms with Crippen LogP contribution in [0.4, 0.5) is 8.78 Å². The number of aromatic nitrogens is 3. The van der Waals surface area contributed by atoms with Gasteiger partial charge in [-0.2, -0.15) is 5.26 Å². The standard InChI is InChI=1S/C11H8F2N4O/c12-8-2-1-7(3-9(8)13)10(18)5-17-6-15-11(4-14)16-17/h1-3,6,10,18H,5H2. The summed E-state index contributed by atoms with van der Waals surface area (Å²) < 4.78 is 26.9. The second-order valence-corrected chi connectivity index (χ2v) is 3.59. The maximum Gasteiger partial charge on any atom is 0.252 e. The molecule has 0 aliphatic heterocycles. The Kier molecular flexibility index (Phi) is 3.30. The van der Waals surface area contributed by atoms with Crippen LogP contribution in [0.3, 0.4) is 0 Å². The Hall–Kier alpha value is -2.33. The summed E-state index contributed by atoms with van der Waals surface area (Å²) >= 11 is 0. The molecule has 2 rings (SSSR count). The number of nitrogens with zero attached hydrogens (tertiary/aromatic N) is 4. The molecule has 1 aromatic heterocycles. The van der Waals surface area contributed by atoms with E-state index in [1.54, 1.807) is 6.07 Å². The molecule has 0 saturated carbocycles. The van der Waals surface area contributed by atoms with Crippen LogP contribution in [0.15, 0.2) is 24.5 Å². The third-order valence-corrected chi connectivity index (χ3v) is 2.32. The van der Waals surface area contributed by atoms with Crippen molar-refractivity contribution < 1.29 is 13.9 Å². The summed E-state index contributed by atoms with van der Waals surface area (Å²) in [7, 11) is 0. The quantitative estimate of drug-likeness (QED) is 0.887. The van der Waals surface area contributed by atoms with Crippen molar-refractivity contribution in [3.05, 3.63) is 47.5 Å². The van der Waals surface area contributed by atoms with Gasteiger partial charge in [-0.3, -0.25) is 0 Å². The van der Waals surface area contributed by atoms with Crippen molar-refractivity contribution in [3.63, 3.8) is 0 Å². The first-order valence-corrected chi connectivity index (χ1v) is 5.02. The van der Waals surface area contributed by atoms with Gasteiger partial charge in [-0.25, -0.2) is 18.4 Å². The van der Waals surface area contributed by atoms with Crippen LogP contribution < -0.4 is 0 Å². The van der Waals surface area contributed by atoms with Crippen LogP contribution in [-0.4, -0.2) is 19.9 Å². The molecular formula is C11H8F2N4O. The number of hydrogen-bond acceptors (Lipinski definition) is 4. The van der Waals surface area contributed by atoms with Crippen LogP contribution in [0.2, 0.25) is 0 Å². The molecule has 18 heavy (non-hydrogen) atoms. The van der Waals surface area contributed by atoms with E-state index < -0.39 is 17.7 Å². The Morgan fingerprint density at radius 1 is 1.39 bits per heavy atom. The zero-order valence-corrected chi connectivity index (χ0v) is 9.09. The van der Waals surface area contributed by atoms with E-state index in [9.17, 15) is 13.9 Å². The SMILES string of the molecule is N#Cc1ncn(CC(O)c2ccc(F)c(F)c2)n1. The summed E-state index contributed by atoms with van der Waals surface area (Å²) in [5, 5.41) is 22.1. The van der Waals surface area contributed by atoms with Crippen LogP contribution >= 0.6 is 0 Å². The molecule has 1 heterocycles. The summed E-state index contributed by atoms with van der Waals surface area (Å²) in [6, 6.07) is 4.88. The molecule has 0 amide bonds. The van der Waals surface area contributed by atoms with Crippen molar-refractivity contribution in [1.82, 2.24) is 14.8 Å². The molecule has 92 valence electrons. The van der Waals surface area contributed by atoms with Gasteiger partial charge in [-0.05, 0) is 17.7 Å². The van der Waals surface area contributed by atoms with Crippen molar-refractivity contribution in [1.29, 1.82) is 5.26 Å². The van der Waals surface area contributed by atoms with E-state index in [0.717, 1.165) is 12.1 Å². The maximum absolute atomic E-state index is 13.0. The summed E-state index contributed by atoms with van der Waals surface area (Å²) in [6.07, 6.45) is 0.218. The molecule has 1 aromatic carbocycles. The number of hydrogen-bond donors (Lipinski definition) is 1. The highest BCUT2D eigenvalue weighted by molar-refractivity contribution is 5.20. The molecule has 0 aliphatic rings. The molecule has 1 unspecified atom stereocenters. The van der Waals surface area contributed by atoms with Crippen LogP contribution in [0.1, 0.15) is 17.5 Å². The van der Waals surface area contributed by atoms with Gasteiger partial charge in [0.15, 0.2) is 11.6 Å². The fraction of sp³-hybridized carbons (Fsp3) is 0.182. The van der Waals surface area contributed by atoms with Crippen molar-refractivity contribution in [2.45, 2.75) is 12.6 Å². The molecule has 0 aliphatic carbocycles. The van der Waals surface area contributed by atoms with E-state index >= 15 is 0 Å². The first-order valence-electron chi connectivity index (χ1n) is 5.02. The van der Waals surface area contributed by atoms with Gasteiger partial charge in [0.05, 0.1) is 12.6 Å². The average molecular weight is 250 g/mol. The van der Waals surface area contributed by atoms with Gasteiger partial charge >= 0.3 is 0 Å². The van der Waals surface area contributed by atoms with Gasteiger partial charge in [0, 0.05) is 0 Å². The second-order valence-electron chi connectivity index (χ2n) is 3.59. The Labute approximate surface area is 101 Å². The molecule has 2 aromatic rings. The lowest BCUT2D eigenvalue weighted by Crippen LogP contribution is -2.10. The third kappa shape index (κ3) is 2.49. The average Bonchev–Trinajstić information content (AvgIpc) is 2.80. The fourth-order valence-electron chi connectivity index (χ4n) is 1.44. The van der Waals surface area contributed by atoms with E-state index in [4.69, 9.17) is 5.26 Å². The van der Waals surface area contributed by atoms with Crippen LogP contribution in [-0.2, 0) is 6.54 Å². The van der Waals surface area contributed by atoms with Crippen molar-refractivity contribution in [2.75, 3.05) is 0 Å². The highest BCUT2D eigenvalue weighted by Gasteiger charge is 2.12. The van der Waals surface area contributed by atoms with E-state index in [0.29, 0.717) is 0 Å². The van der Waals surface area contributed by atoms with Gasteiger partial charge in [-0.1, -0.05) is 6.07 Å². The number of halogens is 2. The molecular weight excluding hydrogens is 242 g/mol. The summed E-state index contributed by atoms with van der Waals surface area (Å²) in [5.74, 6) is -2.02. The molecule has 5 nitrogen and oxygen atoms in total. The molecule has 0 saturated heterocycles. The fourth-order valence-corrected chi connectivity index (χ4v) is 1.44. The van der Waals surface area contributed by atoms with E-state index in [-0.39, 0.29) is 17.9 Å². The summed E-state index contributed by atoms with van der Waals surface area (Å²) in [6.45, 7) is -0.000246. The van der Waals surface area contributed by atoms with Crippen LogP contribution in [0.25, 0.3) is 0 Å². The zero-order valence-electron chi connectivity index (χ0n) is 9.09. The molecule has 1 N–H and O–H groups in total.